The second kappa shape index (κ2) is 7.13. The van der Waals surface area contributed by atoms with E-state index in [-0.39, 0.29) is 5.91 Å². The Morgan fingerprint density at radius 2 is 2.30 bits per heavy atom. The third kappa shape index (κ3) is 3.86. The fourth-order valence-corrected chi connectivity index (χ4v) is 2.56. The highest BCUT2D eigenvalue weighted by atomic mass is 16.5. The van der Waals surface area contributed by atoms with Crippen LogP contribution in [0.25, 0.3) is 6.08 Å². The van der Waals surface area contributed by atoms with Crippen LogP contribution in [0.15, 0.2) is 30.3 Å². The van der Waals surface area contributed by atoms with Gasteiger partial charge in [0, 0.05) is 18.7 Å². The maximum Gasteiger partial charge on any atom is 0.246 e. The van der Waals surface area contributed by atoms with Crippen molar-refractivity contribution in [3.63, 3.8) is 0 Å². The van der Waals surface area contributed by atoms with Crippen molar-refractivity contribution in [2.45, 2.75) is 39.2 Å². The van der Waals surface area contributed by atoms with Crippen molar-refractivity contribution in [3.8, 4) is 5.75 Å². The molecule has 20 heavy (non-hydrogen) atoms. The molecule has 3 nitrogen and oxygen atoms in total. The maximum atomic E-state index is 12.2. The van der Waals surface area contributed by atoms with Crippen LogP contribution in [0.4, 0.5) is 0 Å². The van der Waals surface area contributed by atoms with Crippen LogP contribution < -0.4 is 4.74 Å². The van der Waals surface area contributed by atoms with Crippen molar-refractivity contribution in [2.75, 3.05) is 13.2 Å². The van der Waals surface area contributed by atoms with Crippen molar-refractivity contribution in [3.05, 3.63) is 35.9 Å². The summed E-state index contributed by atoms with van der Waals surface area (Å²) in [4.78, 5) is 14.2. The van der Waals surface area contributed by atoms with Crippen molar-refractivity contribution in [1.82, 2.24) is 4.90 Å². The van der Waals surface area contributed by atoms with Gasteiger partial charge in [-0.1, -0.05) is 12.1 Å². The molecule has 0 N–H and O–H groups in total. The van der Waals surface area contributed by atoms with E-state index >= 15 is 0 Å². The smallest absolute Gasteiger partial charge is 0.246 e. The highest BCUT2D eigenvalue weighted by molar-refractivity contribution is 5.92. The topological polar surface area (TPSA) is 29.5 Å². The number of nitrogens with zero attached hydrogens (tertiary/aromatic N) is 1. The largest absolute Gasteiger partial charge is 0.494 e. The highest BCUT2D eigenvalue weighted by Gasteiger charge is 2.20. The van der Waals surface area contributed by atoms with E-state index in [1.807, 2.05) is 42.2 Å². The molecule has 108 valence electrons. The Bertz CT molecular complexity index is 482. The zero-order chi connectivity index (χ0) is 14.4. The van der Waals surface area contributed by atoms with E-state index in [0.717, 1.165) is 30.7 Å². The number of piperidine rings is 1. The van der Waals surface area contributed by atoms with Gasteiger partial charge in [-0.3, -0.25) is 4.79 Å². The average Bonchev–Trinajstić information content (AvgIpc) is 2.46. The van der Waals surface area contributed by atoms with Crippen molar-refractivity contribution < 1.29 is 9.53 Å². The maximum absolute atomic E-state index is 12.2. The predicted molar refractivity (Wildman–Crippen MR) is 81.7 cm³/mol. The van der Waals surface area contributed by atoms with Gasteiger partial charge in [-0.05, 0) is 56.9 Å². The molecule has 0 aliphatic carbocycles. The fraction of sp³-hybridized carbons (Fsp3) is 0.471. The molecular formula is C17H23NO2. The van der Waals surface area contributed by atoms with E-state index < -0.39 is 0 Å². The van der Waals surface area contributed by atoms with Crippen LogP contribution in [0.3, 0.4) is 0 Å². The molecule has 0 bridgehead atoms. The normalized spacial score (nSPS) is 19.3. The summed E-state index contributed by atoms with van der Waals surface area (Å²) < 4.78 is 5.46. The summed E-state index contributed by atoms with van der Waals surface area (Å²) >= 11 is 0. The van der Waals surface area contributed by atoms with Crippen LogP contribution in [-0.2, 0) is 4.79 Å². The Kier molecular flexibility index (Phi) is 5.22. The van der Waals surface area contributed by atoms with Crippen LogP contribution in [-0.4, -0.2) is 30.0 Å². The summed E-state index contributed by atoms with van der Waals surface area (Å²) in [6.07, 6.45) is 6.99. The van der Waals surface area contributed by atoms with Crippen LogP contribution in [0.1, 0.15) is 38.7 Å². The zero-order valence-electron chi connectivity index (χ0n) is 12.3. The minimum absolute atomic E-state index is 0.110. The molecule has 3 heteroatoms. The van der Waals surface area contributed by atoms with Crippen LogP contribution in [0, 0.1) is 0 Å². The Labute approximate surface area is 121 Å². The molecule has 1 aliphatic rings. The first-order valence-corrected chi connectivity index (χ1v) is 7.42. The first-order valence-electron chi connectivity index (χ1n) is 7.42. The second-order valence-corrected chi connectivity index (χ2v) is 5.22. The lowest BCUT2D eigenvalue weighted by Crippen LogP contribution is -2.41. The Balaban J connectivity index is 2.01. The fourth-order valence-electron chi connectivity index (χ4n) is 2.56. The lowest BCUT2D eigenvalue weighted by molar-refractivity contribution is -0.129. The third-order valence-electron chi connectivity index (χ3n) is 3.67. The molecule has 1 aromatic rings. The lowest BCUT2D eigenvalue weighted by Gasteiger charge is -2.32. The quantitative estimate of drug-likeness (QED) is 0.786. The molecule has 1 aromatic carbocycles. The predicted octanol–water partition coefficient (Wildman–Crippen LogP) is 3.50. The van der Waals surface area contributed by atoms with Gasteiger partial charge in [0.15, 0.2) is 0 Å². The number of ether oxygens (including phenoxy) is 1. The van der Waals surface area contributed by atoms with Gasteiger partial charge in [-0.25, -0.2) is 0 Å². The molecule has 0 spiro atoms. The minimum Gasteiger partial charge on any atom is -0.494 e. The molecule has 2 rings (SSSR count). The summed E-state index contributed by atoms with van der Waals surface area (Å²) in [6.45, 7) is 5.62. The number of likely N-dealkylation sites (tertiary alicyclic amines) is 1. The Morgan fingerprint density at radius 1 is 1.45 bits per heavy atom. The number of hydrogen-bond donors (Lipinski definition) is 0. The first kappa shape index (κ1) is 14.6. The summed E-state index contributed by atoms with van der Waals surface area (Å²) in [5, 5.41) is 0. The average molecular weight is 273 g/mol. The number of hydrogen-bond acceptors (Lipinski definition) is 2. The molecular weight excluding hydrogens is 250 g/mol. The highest BCUT2D eigenvalue weighted by Crippen LogP contribution is 2.18. The van der Waals surface area contributed by atoms with E-state index in [9.17, 15) is 4.79 Å². The Hall–Kier alpha value is -1.77. The van der Waals surface area contributed by atoms with Gasteiger partial charge in [0.2, 0.25) is 5.91 Å². The number of rotatable bonds is 4. The standard InChI is InChI=1S/C17H23NO2/c1-3-20-16-9-6-8-15(13-16)10-11-17(19)18-12-5-4-7-14(18)2/h6,8-11,13-14H,3-5,7,12H2,1-2H3/b11-10+/t14-/m0/s1. The monoisotopic (exact) mass is 273 g/mol. The van der Waals surface area contributed by atoms with E-state index in [1.54, 1.807) is 6.08 Å². The van der Waals surface area contributed by atoms with Gasteiger partial charge in [0.1, 0.15) is 5.75 Å². The van der Waals surface area contributed by atoms with E-state index in [1.165, 1.54) is 6.42 Å². The van der Waals surface area contributed by atoms with E-state index in [4.69, 9.17) is 4.74 Å². The van der Waals surface area contributed by atoms with Crippen molar-refractivity contribution in [1.29, 1.82) is 0 Å². The van der Waals surface area contributed by atoms with E-state index in [2.05, 4.69) is 6.92 Å². The van der Waals surface area contributed by atoms with Gasteiger partial charge in [-0.15, -0.1) is 0 Å². The van der Waals surface area contributed by atoms with Gasteiger partial charge in [-0.2, -0.15) is 0 Å². The number of carbonyl (C=O) groups excluding carboxylic acids is 1. The Morgan fingerprint density at radius 3 is 3.05 bits per heavy atom. The molecule has 1 fully saturated rings. The van der Waals surface area contributed by atoms with E-state index in [0.29, 0.717) is 12.6 Å². The first-order chi connectivity index (χ1) is 9.70. The van der Waals surface area contributed by atoms with Crippen LogP contribution >= 0.6 is 0 Å². The lowest BCUT2D eigenvalue weighted by atomic mass is 10.0. The third-order valence-corrected chi connectivity index (χ3v) is 3.67. The van der Waals surface area contributed by atoms with Crippen LogP contribution in [0.2, 0.25) is 0 Å². The van der Waals surface area contributed by atoms with Gasteiger partial charge >= 0.3 is 0 Å². The molecule has 1 aliphatic heterocycles. The molecule has 0 radical (unpaired) electrons. The number of amides is 1. The molecule has 1 saturated heterocycles. The molecule has 1 amide bonds. The van der Waals surface area contributed by atoms with Crippen molar-refractivity contribution in [2.24, 2.45) is 0 Å². The van der Waals surface area contributed by atoms with Gasteiger partial charge < -0.3 is 9.64 Å². The van der Waals surface area contributed by atoms with Gasteiger partial charge in [0.25, 0.3) is 0 Å². The molecule has 0 saturated carbocycles. The summed E-state index contributed by atoms with van der Waals surface area (Å²) in [5.74, 6) is 0.951. The molecule has 0 unspecified atom stereocenters. The summed E-state index contributed by atoms with van der Waals surface area (Å²) in [6, 6.07) is 8.16. The summed E-state index contributed by atoms with van der Waals surface area (Å²) in [7, 11) is 0. The number of benzene rings is 1. The van der Waals surface area contributed by atoms with Gasteiger partial charge in [0.05, 0.1) is 6.61 Å². The SMILES string of the molecule is CCOc1cccc(/C=C/C(=O)N2CCCC[C@@H]2C)c1. The molecule has 1 atom stereocenters. The summed E-state index contributed by atoms with van der Waals surface area (Å²) in [5.41, 5.74) is 0.994. The second-order valence-electron chi connectivity index (χ2n) is 5.22. The van der Waals surface area contributed by atoms with Crippen LogP contribution in [0.5, 0.6) is 5.75 Å². The molecule has 1 heterocycles. The minimum atomic E-state index is 0.110. The zero-order valence-corrected chi connectivity index (χ0v) is 12.3. The number of carbonyl (C=O) groups is 1. The van der Waals surface area contributed by atoms with Crippen molar-refractivity contribution >= 4 is 12.0 Å². The molecule has 0 aromatic heterocycles.